The molecule has 7 heteroatoms. The lowest BCUT2D eigenvalue weighted by atomic mass is 10.1. The number of halogens is 1. The first-order chi connectivity index (χ1) is 11.0. The molecule has 0 spiro atoms. The van der Waals surface area contributed by atoms with E-state index < -0.39 is 5.97 Å². The zero-order valence-electron chi connectivity index (χ0n) is 14.6. The van der Waals surface area contributed by atoms with E-state index in [-0.39, 0.29) is 35.9 Å². The van der Waals surface area contributed by atoms with Crippen LogP contribution in [0.1, 0.15) is 44.5 Å². The number of methoxy groups -OCH3 is 1. The van der Waals surface area contributed by atoms with Gasteiger partial charge >= 0.3 is 5.97 Å². The fourth-order valence-electron chi connectivity index (χ4n) is 2.11. The number of nitrogens with one attached hydrogen (secondary N) is 1. The van der Waals surface area contributed by atoms with Gasteiger partial charge in [0.1, 0.15) is 0 Å². The summed E-state index contributed by atoms with van der Waals surface area (Å²) in [5.41, 5.74) is 0.304. The van der Waals surface area contributed by atoms with E-state index in [0.29, 0.717) is 10.7 Å². The van der Waals surface area contributed by atoms with Crippen LogP contribution in [0.25, 0.3) is 0 Å². The van der Waals surface area contributed by atoms with Crippen LogP contribution in [0.4, 0.5) is 5.69 Å². The maximum absolute atomic E-state index is 12.0. The van der Waals surface area contributed by atoms with Crippen molar-refractivity contribution in [2.24, 2.45) is 0 Å². The highest BCUT2D eigenvalue weighted by Crippen LogP contribution is 2.28. The minimum absolute atomic E-state index is 0.121. The van der Waals surface area contributed by atoms with E-state index in [1.807, 2.05) is 20.8 Å². The first-order valence-electron chi connectivity index (χ1n) is 7.52. The molecule has 1 aromatic rings. The fourth-order valence-corrected chi connectivity index (χ4v) is 2.33. The van der Waals surface area contributed by atoms with Crippen LogP contribution >= 0.6 is 11.6 Å². The molecule has 0 atom stereocenters. The summed E-state index contributed by atoms with van der Waals surface area (Å²) in [5.74, 6) is -0.974. The number of carbonyl (C=O) groups is 3. The van der Waals surface area contributed by atoms with Gasteiger partial charge in [0.15, 0.2) is 0 Å². The van der Waals surface area contributed by atoms with Crippen LogP contribution < -0.4 is 10.2 Å². The SMILES string of the molecule is COC(=O)c1ccc(Cl)c(N(CCC(=O)NC(C)(C)C)C(C)=O)c1. The van der Waals surface area contributed by atoms with Crippen LogP contribution in [-0.4, -0.2) is 37.0 Å². The van der Waals surface area contributed by atoms with Gasteiger partial charge in [-0.2, -0.15) is 0 Å². The highest BCUT2D eigenvalue weighted by molar-refractivity contribution is 6.34. The van der Waals surface area contributed by atoms with Crippen LogP contribution in [-0.2, 0) is 14.3 Å². The van der Waals surface area contributed by atoms with Gasteiger partial charge in [-0.25, -0.2) is 4.79 Å². The van der Waals surface area contributed by atoms with Gasteiger partial charge < -0.3 is 15.0 Å². The standard InChI is InChI=1S/C17H23ClN2O4/c1-11(21)20(9-8-15(22)19-17(2,3)4)14-10-12(16(23)24-5)6-7-13(14)18/h6-7,10H,8-9H2,1-5H3,(H,19,22). The van der Waals surface area contributed by atoms with Gasteiger partial charge in [-0.05, 0) is 39.0 Å². The highest BCUT2D eigenvalue weighted by atomic mass is 35.5. The Bertz CT molecular complexity index is 638. The lowest BCUT2D eigenvalue weighted by molar-refractivity contribution is -0.122. The third-order valence-corrected chi connectivity index (χ3v) is 3.43. The Labute approximate surface area is 147 Å². The molecule has 0 bridgehead atoms. The summed E-state index contributed by atoms with van der Waals surface area (Å²) in [6.07, 6.45) is 0.121. The largest absolute Gasteiger partial charge is 0.465 e. The maximum atomic E-state index is 12.0. The van der Waals surface area contributed by atoms with Crippen molar-refractivity contribution in [2.45, 2.75) is 39.7 Å². The Balaban J connectivity index is 2.98. The number of anilines is 1. The van der Waals surface area contributed by atoms with E-state index in [0.717, 1.165) is 0 Å². The van der Waals surface area contributed by atoms with Crippen molar-refractivity contribution < 1.29 is 19.1 Å². The van der Waals surface area contributed by atoms with E-state index in [1.165, 1.54) is 37.1 Å². The number of ether oxygens (including phenoxy) is 1. The molecular weight excluding hydrogens is 332 g/mol. The van der Waals surface area contributed by atoms with Crippen LogP contribution in [0.2, 0.25) is 5.02 Å². The van der Waals surface area contributed by atoms with Crippen LogP contribution in [0.5, 0.6) is 0 Å². The molecule has 1 aromatic carbocycles. The van der Waals surface area contributed by atoms with E-state index in [9.17, 15) is 14.4 Å². The summed E-state index contributed by atoms with van der Waals surface area (Å²) in [4.78, 5) is 37.0. The van der Waals surface area contributed by atoms with E-state index in [4.69, 9.17) is 11.6 Å². The van der Waals surface area contributed by atoms with Crippen molar-refractivity contribution in [2.75, 3.05) is 18.6 Å². The quantitative estimate of drug-likeness (QED) is 0.825. The monoisotopic (exact) mass is 354 g/mol. The molecule has 0 radical (unpaired) electrons. The third-order valence-electron chi connectivity index (χ3n) is 3.12. The van der Waals surface area contributed by atoms with Crippen molar-refractivity contribution in [3.63, 3.8) is 0 Å². The molecule has 0 fully saturated rings. The topological polar surface area (TPSA) is 75.7 Å². The predicted octanol–water partition coefficient (Wildman–Crippen LogP) is 2.78. The molecule has 0 saturated carbocycles. The van der Waals surface area contributed by atoms with Gasteiger partial charge in [-0.3, -0.25) is 9.59 Å². The minimum atomic E-state index is -0.526. The molecule has 0 aliphatic rings. The summed E-state index contributed by atoms with van der Waals surface area (Å²) in [6, 6.07) is 4.52. The van der Waals surface area contributed by atoms with Gasteiger partial charge in [0.25, 0.3) is 0 Å². The minimum Gasteiger partial charge on any atom is -0.465 e. The van der Waals surface area contributed by atoms with Crippen molar-refractivity contribution in [3.8, 4) is 0 Å². The Morgan fingerprint density at radius 2 is 1.88 bits per heavy atom. The average molecular weight is 355 g/mol. The summed E-state index contributed by atoms with van der Waals surface area (Å²) in [5, 5.41) is 3.15. The Kier molecular flexibility index (Phi) is 6.78. The number of rotatable bonds is 5. The molecule has 24 heavy (non-hydrogen) atoms. The zero-order valence-corrected chi connectivity index (χ0v) is 15.4. The molecular formula is C17H23ClN2O4. The molecule has 1 N–H and O–H groups in total. The van der Waals surface area contributed by atoms with Gasteiger partial charge in [-0.15, -0.1) is 0 Å². The van der Waals surface area contributed by atoms with Crippen molar-refractivity contribution in [1.82, 2.24) is 5.32 Å². The summed E-state index contributed by atoms with van der Waals surface area (Å²) < 4.78 is 4.67. The van der Waals surface area contributed by atoms with Crippen LogP contribution in [0, 0.1) is 0 Å². The summed E-state index contributed by atoms with van der Waals surface area (Å²) in [7, 11) is 1.27. The average Bonchev–Trinajstić information content (AvgIpc) is 2.46. The second-order valence-electron chi connectivity index (χ2n) is 6.38. The normalized spacial score (nSPS) is 10.9. The predicted molar refractivity (Wildman–Crippen MR) is 93.3 cm³/mol. The van der Waals surface area contributed by atoms with Crippen LogP contribution in [0.3, 0.4) is 0 Å². The third kappa shape index (κ3) is 5.85. The molecule has 1 rings (SSSR count). The molecule has 132 valence electrons. The molecule has 0 heterocycles. The molecule has 2 amide bonds. The number of hydrogen-bond acceptors (Lipinski definition) is 4. The van der Waals surface area contributed by atoms with Gasteiger partial charge in [0.2, 0.25) is 11.8 Å². The van der Waals surface area contributed by atoms with E-state index >= 15 is 0 Å². The van der Waals surface area contributed by atoms with Crippen molar-refractivity contribution >= 4 is 35.1 Å². The molecule has 0 saturated heterocycles. The van der Waals surface area contributed by atoms with Crippen LogP contribution in [0.15, 0.2) is 18.2 Å². The molecule has 0 aliphatic carbocycles. The van der Waals surface area contributed by atoms with E-state index in [1.54, 1.807) is 0 Å². The molecule has 0 unspecified atom stereocenters. The van der Waals surface area contributed by atoms with Gasteiger partial charge in [-0.1, -0.05) is 11.6 Å². The lowest BCUT2D eigenvalue weighted by Crippen LogP contribution is -2.42. The number of hydrogen-bond donors (Lipinski definition) is 1. The smallest absolute Gasteiger partial charge is 0.337 e. The second-order valence-corrected chi connectivity index (χ2v) is 6.78. The Morgan fingerprint density at radius 1 is 1.25 bits per heavy atom. The number of carbonyl (C=O) groups excluding carboxylic acids is 3. The van der Waals surface area contributed by atoms with Gasteiger partial charge in [0.05, 0.1) is 23.4 Å². The van der Waals surface area contributed by atoms with Gasteiger partial charge in [0, 0.05) is 25.4 Å². The zero-order chi connectivity index (χ0) is 18.5. The Morgan fingerprint density at radius 3 is 2.38 bits per heavy atom. The van der Waals surface area contributed by atoms with Crippen molar-refractivity contribution in [3.05, 3.63) is 28.8 Å². The summed E-state index contributed by atoms with van der Waals surface area (Å²) >= 11 is 6.16. The van der Waals surface area contributed by atoms with E-state index in [2.05, 4.69) is 10.1 Å². The first-order valence-corrected chi connectivity index (χ1v) is 7.90. The summed E-state index contributed by atoms with van der Waals surface area (Å²) in [6.45, 7) is 7.17. The maximum Gasteiger partial charge on any atom is 0.337 e. The fraction of sp³-hybridized carbons (Fsp3) is 0.471. The molecule has 0 aromatic heterocycles. The number of benzene rings is 1. The number of amides is 2. The van der Waals surface area contributed by atoms with Crippen molar-refractivity contribution in [1.29, 1.82) is 0 Å². The molecule has 6 nitrogen and oxygen atoms in total. The first kappa shape index (κ1) is 20.0. The second kappa shape index (κ2) is 8.15. The number of nitrogens with zero attached hydrogens (tertiary/aromatic N) is 1. The number of esters is 1. The highest BCUT2D eigenvalue weighted by Gasteiger charge is 2.20. The molecule has 0 aliphatic heterocycles. The lowest BCUT2D eigenvalue weighted by Gasteiger charge is -2.24. The Hall–Kier alpha value is -2.08.